The molecule has 1 aromatic carbocycles. The molecule has 0 aromatic heterocycles. The van der Waals surface area contributed by atoms with Gasteiger partial charge in [-0.2, -0.15) is 24.4 Å². The molecule has 18 heavy (non-hydrogen) atoms. The molecule has 0 radical (unpaired) electrons. The molecule has 0 bridgehead atoms. The number of hydrogen-bond acceptors (Lipinski definition) is 5. The largest absolute Gasteiger partial charge is 0.463 e. The molecule has 1 rings (SSSR count). The number of thiol groups is 1. The van der Waals surface area contributed by atoms with Crippen LogP contribution in [0.4, 0.5) is 0 Å². The lowest BCUT2D eigenvalue weighted by atomic mass is 10.2. The lowest BCUT2D eigenvalue weighted by Gasteiger charge is -2.04. The summed E-state index contributed by atoms with van der Waals surface area (Å²) in [6, 6.07) is 8.28. The van der Waals surface area contributed by atoms with Crippen LogP contribution in [0.25, 0.3) is 0 Å². The number of carbonyl (C=O) groups is 1. The van der Waals surface area contributed by atoms with Gasteiger partial charge in [0, 0.05) is 17.3 Å². The summed E-state index contributed by atoms with van der Waals surface area (Å²) in [5, 5.41) is 8.50. The Kier molecular flexibility index (Phi) is 7.96. The number of carbonyl (C=O) groups excluding carboxylic acids is 1. The fourth-order valence-corrected chi connectivity index (χ4v) is 2.46. The summed E-state index contributed by atoms with van der Waals surface area (Å²) in [5.41, 5.74) is 2.45. The van der Waals surface area contributed by atoms with Crippen molar-refractivity contribution in [1.82, 2.24) is 0 Å². The molecular weight excluding hydrogens is 268 g/mol. The maximum Gasteiger partial charge on any atom is 0.306 e. The topological polar surface area (TPSA) is 46.5 Å². The van der Waals surface area contributed by atoms with Crippen molar-refractivity contribution in [3.8, 4) is 0 Å². The van der Waals surface area contributed by atoms with Crippen LogP contribution in [-0.4, -0.2) is 30.0 Å². The standard InChI is InChI=1S/C13H18O3S2/c14-5-6-16-13(15)4-7-18-10-12-3-1-2-11(8-12)9-17/h1-3,8,14,17H,4-7,9-10H2. The second-order valence-corrected chi connectivity index (χ2v) is 5.15. The van der Waals surface area contributed by atoms with Crippen LogP contribution in [0.2, 0.25) is 0 Å². The zero-order valence-corrected chi connectivity index (χ0v) is 11.9. The number of thioether (sulfide) groups is 1. The molecule has 0 amide bonds. The van der Waals surface area contributed by atoms with E-state index in [9.17, 15) is 4.79 Å². The third-order valence-corrected chi connectivity index (χ3v) is 3.64. The first-order valence-electron chi connectivity index (χ1n) is 5.79. The molecule has 0 aliphatic carbocycles. The third-order valence-electron chi connectivity index (χ3n) is 2.25. The highest BCUT2D eigenvalue weighted by atomic mass is 32.2. The van der Waals surface area contributed by atoms with E-state index in [1.165, 1.54) is 11.1 Å². The molecule has 0 atom stereocenters. The maximum absolute atomic E-state index is 11.2. The van der Waals surface area contributed by atoms with Gasteiger partial charge in [-0.3, -0.25) is 4.79 Å². The third kappa shape index (κ3) is 6.33. The predicted octanol–water partition coefficient (Wildman–Crippen LogP) is 2.28. The van der Waals surface area contributed by atoms with Gasteiger partial charge < -0.3 is 9.84 Å². The van der Waals surface area contributed by atoms with Crippen molar-refractivity contribution in [2.45, 2.75) is 17.9 Å². The second-order valence-electron chi connectivity index (χ2n) is 3.72. The van der Waals surface area contributed by atoms with E-state index in [-0.39, 0.29) is 19.2 Å². The number of rotatable bonds is 8. The molecule has 100 valence electrons. The van der Waals surface area contributed by atoms with Crippen molar-refractivity contribution >= 4 is 30.4 Å². The van der Waals surface area contributed by atoms with Crippen molar-refractivity contribution in [1.29, 1.82) is 0 Å². The van der Waals surface area contributed by atoms with E-state index in [4.69, 9.17) is 9.84 Å². The van der Waals surface area contributed by atoms with Crippen molar-refractivity contribution in [3.63, 3.8) is 0 Å². The molecule has 0 heterocycles. The average Bonchev–Trinajstić information content (AvgIpc) is 2.41. The number of hydrogen-bond donors (Lipinski definition) is 2. The van der Waals surface area contributed by atoms with Crippen LogP contribution in [0, 0.1) is 0 Å². The van der Waals surface area contributed by atoms with Gasteiger partial charge in [0.1, 0.15) is 6.61 Å². The molecule has 1 N–H and O–H groups in total. The van der Waals surface area contributed by atoms with Crippen molar-refractivity contribution in [3.05, 3.63) is 35.4 Å². The highest BCUT2D eigenvalue weighted by Gasteiger charge is 2.02. The highest BCUT2D eigenvalue weighted by Crippen LogP contribution is 2.15. The predicted molar refractivity (Wildman–Crippen MR) is 78.0 cm³/mol. The van der Waals surface area contributed by atoms with E-state index >= 15 is 0 Å². The first kappa shape index (κ1) is 15.4. The van der Waals surface area contributed by atoms with E-state index < -0.39 is 0 Å². The number of benzene rings is 1. The number of ether oxygens (including phenoxy) is 1. The summed E-state index contributed by atoms with van der Waals surface area (Å²) >= 11 is 5.94. The Morgan fingerprint density at radius 1 is 1.39 bits per heavy atom. The Bertz CT molecular complexity index is 369. The van der Waals surface area contributed by atoms with Gasteiger partial charge >= 0.3 is 5.97 Å². The van der Waals surface area contributed by atoms with Gasteiger partial charge in [0.25, 0.3) is 0 Å². The lowest BCUT2D eigenvalue weighted by Crippen LogP contribution is -2.08. The monoisotopic (exact) mass is 286 g/mol. The fourth-order valence-electron chi connectivity index (χ4n) is 1.39. The molecule has 0 fully saturated rings. The number of esters is 1. The van der Waals surface area contributed by atoms with Crippen LogP contribution in [0.1, 0.15) is 17.5 Å². The minimum atomic E-state index is -0.249. The highest BCUT2D eigenvalue weighted by molar-refractivity contribution is 7.98. The molecular formula is C13H18O3S2. The summed E-state index contributed by atoms with van der Waals surface area (Å²) in [5.74, 6) is 2.11. The van der Waals surface area contributed by atoms with Crippen molar-refractivity contribution in [2.75, 3.05) is 19.0 Å². The quantitative estimate of drug-likeness (QED) is 0.437. The van der Waals surface area contributed by atoms with Crippen molar-refractivity contribution < 1.29 is 14.6 Å². The van der Waals surface area contributed by atoms with E-state index in [1.807, 2.05) is 12.1 Å². The van der Waals surface area contributed by atoms with Gasteiger partial charge in [0.2, 0.25) is 0 Å². The molecule has 0 aliphatic rings. The first-order chi connectivity index (χ1) is 8.76. The number of aliphatic hydroxyl groups is 1. The summed E-state index contributed by atoms with van der Waals surface area (Å²) in [4.78, 5) is 11.2. The Labute approximate surface area is 117 Å². The summed E-state index contributed by atoms with van der Waals surface area (Å²) in [7, 11) is 0. The molecule has 0 saturated heterocycles. The van der Waals surface area contributed by atoms with Crippen molar-refractivity contribution in [2.24, 2.45) is 0 Å². The zero-order valence-electron chi connectivity index (χ0n) is 10.2. The molecule has 0 saturated carbocycles. The Balaban J connectivity index is 2.19. The first-order valence-corrected chi connectivity index (χ1v) is 7.58. The normalized spacial score (nSPS) is 10.3. The molecule has 0 unspecified atom stereocenters. The van der Waals surface area contributed by atoms with Gasteiger partial charge in [0.05, 0.1) is 13.0 Å². The molecule has 1 aromatic rings. The van der Waals surface area contributed by atoms with Crippen LogP contribution in [0.3, 0.4) is 0 Å². The Morgan fingerprint density at radius 3 is 2.89 bits per heavy atom. The smallest absolute Gasteiger partial charge is 0.306 e. The van der Waals surface area contributed by atoms with Crippen LogP contribution in [0.5, 0.6) is 0 Å². The van der Waals surface area contributed by atoms with E-state index in [1.54, 1.807) is 11.8 Å². The van der Waals surface area contributed by atoms with E-state index in [0.29, 0.717) is 6.42 Å². The summed E-state index contributed by atoms with van der Waals surface area (Å²) in [6.45, 7) is -0.0249. The lowest BCUT2D eigenvalue weighted by molar-refractivity contribution is -0.144. The second kappa shape index (κ2) is 9.30. The van der Waals surface area contributed by atoms with Gasteiger partial charge in [-0.25, -0.2) is 0 Å². The fraction of sp³-hybridized carbons (Fsp3) is 0.462. The molecule has 3 nitrogen and oxygen atoms in total. The SMILES string of the molecule is O=C(CCSCc1cccc(CS)c1)OCCO. The van der Waals surface area contributed by atoms with Gasteiger partial charge in [-0.1, -0.05) is 24.3 Å². The van der Waals surface area contributed by atoms with E-state index in [2.05, 4.69) is 24.8 Å². The number of aliphatic hydroxyl groups excluding tert-OH is 1. The average molecular weight is 286 g/mol. The zero-order chi connectivity index (χ0) is 13.2. The summed E-state index contributed by atoms with van der Waals surface area (Å²) in [6.07, 6.45) is 0.386. The van der Waals surface area contributed by atoms with Crippen LogP contribution < -0.4 is 0 Å². The van der Waals surface area contributed by atoms with Gasteiger partial charge in [0.15, 0.2) is 0 Å². The summed E-state index contributed by atoms with van der Waals surface area (Å²) < 4.78 is 4.77. The van der Waals surface area contributed by atoms with E-state index in [0.717, 1.165) is 17.3 Å². The minimum Gasteiger partial charge on any atom is -0.463 e. The maximum atomic E-state index is 11.2. The molecule has 0 aliphatic heterocycles. The van der Waals surface area contributed by atoms with Gasteiger partial charge in [-0.05, 0) is 11.1 Å². The van der Waals surface area contributed by atoms with Gasteiger partial charge in [-0.15, -0.1) is 0 Å². The van der Waals surface area contributed by atoms with Crippen LogP contribution in [0.15, 0.2) is 24.3 Å². The molecule has 0 spiro atoms. The van der Waals surface area contributed by atoms with Crippen LogP contribution >= 0.6 is 24.4 Å². The Hall–Kier alpha value is -0.650. The van der Waals surface area contributed by atoms with Crippen LogP contribution in [-0.2, 0) is 21.0 Å². The Morgan fingerprint density at radius 2 is 2.17 bits per heavy atom. The minimum absolute atomic E-state index is 0.0908. The molecule has 5 heteroatoms.